The van der Waals surface area contributed by atoms with Gasteiger partial charge >= 0.3 is 0 Å². The number of ether oxygens (including phenoxy) is 1. The van der Waals surface area contributed by atoms with Gasteiger partial charge in [-0.2, -0.15) is 0 Å². The first-order valence-electron chi connectivity index (χ1n) is 3.13. The molecule has 0 aromatic heterocycles. The van der Waals surface area contributed by atoms with Crippen molar-refractivity contribution < 1.29 is 4.74 Å². The molecule has 1 nitrogen and oxygen atoms in total. The maximum atomic E-state index is 5.16. The third kappa shape index (κ3) is 1.03. The lowest BCUT2D eigenvalue weighted by molar-refractivity contribution is 0.240. The Bertz CT molecular complexity index is 96.6. The number of hydrogen-bond acceptors (Lipinski definition) is 1. The molecular formula is C7H12O. The van der Waals surface area contributed by atoms with E-state index in [1.165, 1.54) is 6.42 Å². The van der Waals surface area contributed by atoms with Gasteiger partial charge in [0.15, 0.2) is 0 Å². The zero-order valence-electron chi connectivity index (χ0n) is 5.31. The first-order valence-corrected chi connectivity index (χ1v) is 3.13. The molecule has 1 fully saturated rings. The van der Waals surface area contributed by atoms with Crippen LogP contribution in [0.1, 0.15) is 19.8 Å². The highest BCUT2D eigenvalue weighted by molar-refractivity contribution is 4.90. The SMILES string of the molecule is C=C1CC(CC)CO1. The minimum absolute atomic E-state index is 0.752. The lowest BCUT2D eigenvalue weighted by Crippen LogP contribution is -1.94. The summed E-state index contributed by atoms with van der Waals surface area (Å²) in [7, 11) is 0. The normalized spacial score (nSPS) is 28.1. The second-order valence-corrected chi connectivity index (χ2v) is 2.33. The maximum Gasteiger partial charge on any atom is 0.0909 e. The third-order valence-corrected chi connectivity index (χ3v) is 1.62. The van der Waals surface area contributed by atoms with Gasteiger partial charge in [0.2, 0.25) is 0 Å². The van der Waals surface area contributed by atoms with E-state index in [-0.39, 0.29) is 0 Å². The second kappa shape index (κ2) is 2.21. The molecule has 0 aromatic carbocycles. The van der Waals surface area contributed by atoms with Gasteiger partial charge in [-0.25, -0.2) is 0 Å². The lowest BCUT2D eigenvalue weighted by atomic mass is 10.1. The smallest absolute Gasteiger partial charge is 0.0909 e. The average Bonchev–Trinajstić information content (AvgIpc) is 2.14. The molecular weight excluding hydrogens is 100 g/mol. The highest BCUT2D eigenvalue weighted by atomic mass is 16.5. The van der Waals surface area contributed by atoms with Crippen LogP contribution in [0.15, 0.2) is 12.3 Å². The van der Waals surface area contributed by atoms with Gasteiger partial charge in [-0.05, 0) is 12.3 Å². The molecule has 0 radical (unpaired) electrons. The summed E-state index contributed by atoms with van der Waals surface area (Å²) in [5.74, 6) is 1.72. The van der Waals surface area contributed by atoms with Crippen LogP contribution in [0.4, 0.5) is 0 Å². The lowest BCUT2D eigenvalue weighted by Gasteiger charge is -1.96. The van der Waals surface area contributed by atoms with E-state index in [1.807, 2.05) is 0 Å². The predicted molar refractivity (Wildman–Crippen MR) is 33.5 cm³/mol. The van der Waals surface area contributed by atoms with Crippen LogP contribution in [0.25, 0.3) is 0 Å². The minimum Gasteiger partial charge on any atom is -0.498 e. The molecule has 1 heterocycles. The Kier molecular flexibility index (Phi) is 1.56. The number of rotatable bonds is 1. The number of allylic oxidation sites excluding steroid dienone is 1. The van der Waals surface area contributed by atoms with Gasteiger partial charge in [-0.3, -0.25) is 0 Å². The zero-order valence-corrected chi connectivity index (χ0v) is 5.31. The summed E-state index contributed by atoms with van der Waals surface area (Å²) < 4.78 is 5.16. The fraction of sp³-hybridized carbons (Fsp3) is 0.714. The minimum atomic E-state index is 0.752. The van der Waals surface area contributed by atoms with E-state index in [0.717, 1.165) is 24.7 Å². The fourth-order valence-electron chi connectivity index (χ4n) is 0.938. The standard InChI is InChI=1S/C7H12O/c1-3-7-4-6(2)8-5-7/h7H,2-5H2,1H3. The molecule has 1 aliphatic rings. The largest absolute Gasteiger partial charge is 0.498 e. The summed E-state index contributed by atoms with van der Waals surface area (Å²) >= 11 is 0. The van der Waals surface area contributed by atoms with E-state index in [4.69, 9.17) is 4.74 Å². The van der Waals surface area contributed by atoms with Crippen molar-refractivity contribution in [3.8, 4) is 0 Å². The molecule has 0 N–H and O–H groups in total. The molecule has 8 heavy (non-hydrogen) atoms. The van der Waals surface area contributed by atoms with Gasteiger partial charge in [-0.15, -0.1) is 0 Å². The topological polar surface area (TPSA) is 9.23 Å². The zero-order chi connectivity index (χ0) is 5.98. The molecule has 0 saturated carbocycles. The van der Waals surface area contributed by atoms with Crippen LogP contribution in [0, 0.1) is 5.92 Å². The molecule has 0 aliphatic carbocycles. The Morgan fingerprint density at radius 3 is 2.88 bits per heavy atom. The molecule has 0 aromatic rings. The van der Waals surface area contributed by atoms with Gasteiger partial charge in [0.1, 0.15) is 0 Å². The van der Waals surface area contributed by atoms with Crippen LogP contribution in [0.2, 0.25) is 0 Å². The van der Waals surface area contributed by atoms with Crippen molar-refractivity contribution in [3.05, 3.63) is 12.3 Å². The van der Waals surface area contributed by atoms with Crippen molar-refractivity contribution in [2.45, 2.75) is 19.8 Å². The number of hydrogen-bond donors (Lipinski definition) is 0. The molecule has 1 saturated heterocycles. The summed E-state index contributed by atoms with van der Waals surface area (Å²) in [5.41, 5.74) is 0. The molecule has 0 spiro atoms. The highest BCUT2D eigenvalue weighted by Gasteiger charge is 2.16. The first-order chi connectivity index (χ1) is 3.83. The van der Waals surface area contributed by atoms with Gasteiger partial charge in [0, 0.05) is 6.42 Å². The van der Waals surface area contributed by atoms with Crippen molar-refractivity contribution in [1.29, 1.82) is 0 Å². The summed E-state index contributed by atoms with van der Waals surface area (Å²) in [6, 6.07) is 0. The van der Waals surface area contributed by atoms with Crippen LogP contribution >= 0.6 is 0 Å². The Morgan fingerprint density at radius 2 is 2.62 bits per heavy atom. The van der Waals surface area contributed by atoms with E-state index in [1.54, 1.807) is 0 Å². The van der Waals surface area contributed by atoms with Crippen LogP contribution in [0.3, 0.4) is 0 Å². The Morgan fingerprint density at radius 1 is 1.88 bits per heavy atom. The van der Waals surface area contributed by atoms with Gasteiger partial charge in [0.05, 0.1) is 12.4 Å². The quantitative estimate of drug-likeness (QED) is 0.503. The third-order valence-electron chi connectivity index (χ3n) is 1.62. The summed E-state index contributed by atoms with van der Waals surface area (Å²) in [6.45, 7) is 6.82. The molecule has 1 atom stereocenters. The van der Waals surface area contributed by atoms with Crippen molar-refractivity contribution >= 4 is 0 Å². The van der Waals surface area contributed by atoms with Crippen molar-refractivity contribution in [2.75, 3.05) is 6.61 Å². The van der Waals surface area contributed by atoms with Crippen molar-refractivity contribution in [1.82, 2.24) is 0 Å². The average molecular weight is 112 g/mol. The highest BCUT2D eigenvalue weighted by Crippen LogP contribution is 2.22. The summed E-state index contributed by atoms with van der Waals surface area (Å²) in [6.07, 6.45) is 2.30. The van der Waals surface area contributed by atoms with Gasteiger partial charge < -0.3 is 4.74 Å². The molecule has 1 heteroatoms. The van der Waals surface area contributed by atoms with Crippen molar-refractivity contribution in [2.24, 2.45) is 5.92 Å². The monoisotopic (exact) mass is 112 g/mol. The van der Waals surface area contributed by atoms with E-state index >= 15 is 0 Å². The molecule has 1 unspecified atom stereocenters. The summed E-state index contributed by atoms with van der Waals surface area (Å²) in [4.78, 5) is 0. The van der Waals surface area contributed by atoms with Gasteiger partial charge in [0.25, 0.3) is 0 Å². The molecule has 0 bridgehead atoms. The van der Waals surface area contributed by atoms with E-state index in [2.05, 4.69) is 13.5 Å². The first kappa shape index (κ1) is 5.67. The Labute approximate surface area is 50.3 Å². The van der Waals surface area contributed by atoms with E-state index in [9.17, 15) is 0 Å². The van der Waals surface area contributed by atoms with E-state index < -0.39 is 0 Å². The van der Waals surface area contributed by atoms with E-state index in [0.29, 0.717) is 0 Å². The Balaban J connectivity index is 2.32. The van der Waals surface area contributed by atoms with Crippen LogP contribution in [-0.4, -0.2) is 6.61 Å². The maximum absolute atomic E-state index is 5.16. The molecule has 0 amide bonds. The van der Waals surface area contributed by atoms with Crippen molar-refractivity contribution in [3.63, 3.8) is 0 Å². The fourth-order valence-corrected chi connectivity index (χ4v) is 0.938. The van der Waals surface area contributed by atoms with Crippen LogP contribution < -0.4 is 0 Å². The Hall–Kier alpha value is -0.460. The second-order valence-electron chi connectivity index (χ2n) is 2.33. The molecule has 46 valence electrons. The molecule has 1 rings (SSSR count). The van der Waals surface area contributed by atoms with Gasteiger partial charge in [-0.1, -0.05) is 13.5 Å². The summed E-state index contributed by atoms with van der Waals surface area (Å²) in [5, 5.41) is 0. The predicted octanol–water partition coefficient (Wildman–Crippen LogP) is 1.95. The van der Waals surface area contributed by atoms with Crippen LogP contribution in [-0.2, 0) is 4.74 Å². The van der Waals surface area contributed by atoms with Crippen LogP contribution in [0.5, 0.6) is 0 Å². The molecule has 1 aliphatic heterocycles.